The standard InChI is InChI=1S/C21H26ClN3O4S/c1-4-5-18-19(15(3)26)14(2)23-20(18)21(27)24-10-12-25(13-11-24)30(28,29)17-8-6-16(22)7-9-17/h6-9,23H,4-5,10-13H2,1-3H3. The summed E-state index contributed by atoms with van der Waals surface area (Å²) in [6, 6.07) is 6.06. The number of benzene rings is 1. The Morgan fingerprint density at radius 2 is 1.70 bits per heavy atom. The Kier molecular flexibility index (Phi) is 6.69. The van der Waals surface area contributed by atoms with E-state index >= 15 is 0 Å². The molecule has 0 saturated carbocycles. The van der Waals surface area contributed by atoms with Gasteiger partial charge in [-0.25, -0.2) is 8.42 Å². The number of piperazine rings is 1. The molecule has 0 radical (unpaired) electrons. The molecule has 7 nitrogen and oxygen atoms in total. The number of nitrogens with zero attached hydrogens (tertiary/aromatic N) is 2. The van der Waals surface area contributed by atoms with E-state index < -0.39 is 10.0 Å². The van der Waals surface area contributed by atoms with Gasteiger partial charge in [0.15, 0.2) is 5.78 Å². The van der Waals surface area contributed by atoms with Gasteiger partial charge in [0.1, 0.15) is 5.69 Å². The molecule has 1 fully saturated rings. The number of amides is 1. The zero-order valence-electron chi connectivity index (χ0n) is 17.4. The van der Waals surface area contributed by atoms with Crippen molar-refractivity contribution in [3.8, 4) is 0 Å². The highest BCUT2D eigenvalue weighted by Crippen LogP contribution is 2.24. The fourth-order valence-electron chi connectivity index (χ4n) is 3.88. The van der Waals surface area contributed by atoms with Gasteiger partial charge in [0.05, 0.1) is 4.90 Å². The lowest BCUT2D eigenvalue weighted by molar-refractivity contribution is 0.0691. The van der Waals surface area contributed by atoms with Gasteiger partial charge in [-0.1, -0.05) is 24.9 Å². The number of rotatable bonds is 6. The summed E-state index contributed by atoms with van der Waals surface area (Å²) in [6.07, 6.45) is 1.44. The van der Waals surface area contributed by atoms with Crippen LogP contribution in [0.25, 0.3) is 0 Å². The third-order valence-corrected chi connectivity index (χ3v) is 7.50. The Morgan fingerprint density at radius 1 is 1.10 bits per heavy atom. The Morgan fingerprint density at radius 3 is 2.23 bits per heavy atom. The van der Waals surface area contributed by atoms with Crippen molar-refractivity contribution in [3.63, 3.8) is 0 Å². The van der Waals surface area contributed by atoms with Gasteiger partial charge < -0.3 is 9.88 Å². The van der Waals surface area contributed by atoms with Crippen molar-refractivity contribution in [3.05, 3.63) is 51.8 Å². The zero-order chi connectivity index (χ0) is 22.1. The number of aromatic nitrogens is 1. The first kappa shape index (κ1) is 22.5. The van der Waals surface area contributed by atoms with Crippen LogP contribution >= 0.6 is 11.6 Å². The second kappa shape index (κ2) is 8.91. The lowest BCUT2D eigenvalue weighted by Gasteiger charge is -2.34. The number of hydrogen-bond acceptors (Lipinski definition) is 4. The molecular weight excluding hydrogens is 426 g/mol. The predicted molar refractivity (Wildman–Crippen MR) is 116 cm³/mol. The van der Waals surface area contributed by atoms with E-state index in [1.54, 1.807) is 24.0 Å². The Balaban J connectivity index is 1.77. The van der Waals surface area contributed by atoms with Gasteiger partial charge in [-0.15, -0.1) is 0 Å². The molecule has 0 aliphatic carbocycles. The van der Waals surface area contributed by atoms with Gasteiger partial charge in [0.25, 0.3) is 5.91 Å². The highest BCUT2D eigenvalue weighted by Gasteiger charge is 2.32. The van der Waals surface area contributed by atoms with Crippen LogP contribution < -0.4 is 0 Å². The lowest BCUT2D eigenvalue weighted by atomic mass is 10.0. The van der Waals surface area contributed by atoms with Gasteiger partial charge in [-0.05, 0) is 50.1 Å². The van der Waals surface area contributed by atoms with E-state index in [0.717, 1.165) is 12.0 Å². The lowest BCUT2D eigenvalue weighted by Crippen LogP contribution is -2.50. The predicted octanol–water partition coefficient (Wildman–Crippen LogP) is 3.28. The molecule has 1 aromatic heterocycles. The molecule has 1 aromatic carbocycles. The summed E-state index contributed by atoms with van der Waals surface area (Å²) in [5, 5.41) is 0.471. The molecule has 0 spiro atoms. The van der Waals surface area contributed by atoms with Crippen molar-refractivity contribution in [2.75, 3.05) is 26.2 Å². The quantitative estimate of drug-likeness (QED) is 0.682. The molecular formula is C21H26ClN3O4S. The number of nitrogens with one attached hydrogen (secondary N) is 1. The van der Waals surface area contributed by atoms with E-state index in [2.05, 4.69) is 4.98 Å². The van der Waals surface area contributed by atoms with Crippen LogP contribution in [0.3, 0.4) is 0 Å². The van der Waals surface area contributed by atoms with Crippen LogP contribution in [0.15, 0.2) is 29.2 Å². The first-order valence-electron chi connectivity index (χ1n) is 9.94. The molecule has 1 saturated heterocycles. The Labute approximate surface area is 182 Å². The minimum Gasteiger partial charge on any atom is -0.354 e. The van der Waals surface area contributed by atoms with Crippen molar-refractivity contribution >= 4 is 33.3 Å². The number of carbonyl (C=O) groups excluding carboxylic acids is 2. The summed E-state index contributed by atoms with van der Waals surface area (Å²) in [5.74, 6) is -0.261. The molecule has 162 valence electrons. The van der Waals surface area contributed by atoms with Gasteiger partial charge in [0.2, 0.25) is 10.0 Å². The number of hydrogen-bond donors (Lipinski definition) is 1. The molecule has 1 aliphatic heterocycles. The van der Waals surface area contributed by atoms with E-state index in [9.17, 15) is 18.0 Å². The first-order chi connectivity index (χ1) is 14.2. The monoisotopic (exact) mass is 451 g/mol. The number of sulfonamides is 1. The van der Waals surface area contributed by atoms with Crippen molar-refractivity contribution in [1.29, 1.82) is 0 Å². The second-order valence-corrected chi connectivity index (χ2v) is 9.81. The van der Waals surface area contributed by atoms with Gasteiger partial charge in [-0.3, -0.25) is 9.59 Å². The minimum atomic E-state index is -3.64. The topological polar surface area (TPSA) is 90.6 Å². The van der Waals surface area contributed by atoms with Crippen LogP contribution in [0.5, 0.6) is 0 Å². The molecule has 0 atom stereocenters. The SMILES string of the molecule is CCCc1c(C(=O)N2CCN(S(=O)(=O)c3ccc(Cl)cc3)CC2)[nH]c(C)c1C(C)=O. The molecule has 1 amide bonds. The van der Waals surface area contributed by atoms with E-state index in [1.165, 1.54) is 23.4 Å². The van der Waals surface area contributed by atoms with Crippen LogP contribution in [-0.2, 0) is 16.4 Å². The van der Waals surface area contributed by atoms with E-state index in [1.807, 2.05) is 6.92 Å². The summed E-state index contributed by atoms with van der Waals surface area (Å²) in [7, 11) is -3.64. The number of H-pyrrole nitrogens is 1. The maximum absolute atomic E-state index is 13.1. The maximum Gasteiger partial charge on any atom is 0.270 e. The summed E-state index contributed by atoms with van der Waals surface area (Å²) in [4.78, 5) is 30.1. The normalized spacial score (nSPS) is 15.4. The summed E-state index contributed by atoms with van der Waals surface area (Å²) >= 11 is 5.85. The number of Topliss-reactive ketones (excluding diaryl/α,β-unsaturated/α-hetero) is 1. The third kappa shape index (κ3) is 4.31. The van der Waals surface area contributed by atoms with Gasteiger partial charge in [0, 0.05) is 42.5 Å². The maximum atomic E-state index is 13.1. The number of aryl methyl sites for hydroxylation is 1. The third-order valence-electron chi connectivity index (χ3n) is 5.33. The number of halogens is 1. The van der Waals surface area contributed by atoms with Crippen molar-refractivity contribution < 1.29 is 18.0 Å². The van der Waals surface area contributed by atoms with Gasteiger partial charge in [-0.2, -0.15) is 4.31 Å². The highest BCUT2D eigenvalue weighted by atomic mass is 35.5. The van der Waals surface area contributed by atoms with Crippen molar-refractivity contribution in [2.45, 2.75) is 38.5 Å². The largest absolute Gasteiger partial charge is 0.354 e. The van der Waals surface area contributed by atoms with Crippen LogP contribution in [0.2, 0.25) is 5.02 Å². The molecule has 2 aromatic rings. The molecule has 3 rings (SSSR count). The van der Waals surface area contributed by atoms with Crippen LogP contribution in [0.4, 0.5) is 0 Å². The average Bonchev–Trinajstić information content (AvgIpc) is 3.04. The molecule has 0 bridgehead atoms. The van der Waals surface area contributed by atoms with E-state index in [-0.39, 0.29) is 42.8 Å². The summed E-state index contributed by atoms with van der Waals surface area (Å²) in [6.45, 7) is 6.28. The Hall–Kier alpha value is -2.16. The minimum absolute atomic E-state index is 0.0647. The summed E-state index contributed by atoms with van der Waals surface area (Å²) < 4.78 is 27.1. The molecule has 2 heterocycles. The van der Waals surface area contributed by atoms with Crippen LogP contribution in [0.1, 0.15) is 52.4 Å². The number of aromatic amines is 1. The second-order valence-electron chi connectivity index (χ2n) is 7.43. The van der Waals surface area contributed by atoms with Crippen LogP contribution in [0, 0.1) is 6.92 Å². The summed E-state index contributed by atoms with van der Waals surface area (Å²) in [5.41, 5.74) is 2.47. The zero-order valence-corrected chi connectivity index (χ0v) is 18.9. The average molecular weight is 452 g/mol. The van der Waals surface area contributed by atoms with Gasteiger partial charge >= 0.3 is 0 Å². The number of ketones is 1. The highest BCUT2D eigenvalue weighted by molar-refractivity contribution is 7.89. The van der Waals surface area contributed by atoms with E-state index in [4.69, 9.17) is 11.6 Å². The molecule has 1 N–H and O–H groups in total. The van der Waals surface area contributed by atoms with Crippen molar-refractivity contribution in [1.82, 2.24) is 14.2 Å². The molecule has 30 heavy (non-hydrogen) atoms. The smallest absolute Gasteiger partial charge is 0.270 e. The van der Waals surface area contributed by atoms with Crippen LogP contribution in [-0.4, -0.2) is 60.5 Å². The molecule has 1 aliphatic rings. The van der Waals surface area contributed by atoms with E-state index in [0.29, 0.717) is 28.4 Å². The van der Waals surface area contributed by atoms with Crippen molar-refractivity contribution in [2.24, 2.45) is 0 Å². The number of carbonyl (C=O) groups is 2. The Bertz CT molecular complexity index is 1050. The first-order valence-corrected chi connectivity index (χ1v) is 11.8. The molecule has 9 heteroatoms. The fraction of sp³-hybridized carbons (Fsp3) is 0.429. The molecule has 0 unspecified atom stereocenters. The fourth-order valence-corrected chi connectivity index (χ4v) is 5.43.